The average molecular weight is 402 g/mol. The topological polar surface area (TPSA) is 61.8 Å². The molecule has 1 aromatic heterocycles. The number of hydrogen-bond acceptors (Lipinski definition) is 6. The number of ether oxygens (including phenoxy) is 1. The van der Waals surface area contributed by atoms with Gasteiger partial charge in [-0.15, -0.1) is 0 Å². The van der Waals surface area contributed by atoms with Gasteiger partial charge in [0, 0.05) is 51.0 Å². The third kappa shape index (κ3) is 5.92. The van der Waals surface area contributed by atoms with Gasteiger partial charge in [-0.3, -0.25) is 10.1 Å². The number of likely N-dealkylation sites (tertiary alicyclic amines) is 1. The summed E-state index contributed by atoms with van der Waals surface area (Å²) in [7, 11) is 0. The standard InChI is InChI=1S/C22H35N5O2/c28-22-19(17-26-11-2-8-24-18-26)3-1-12-27(22)16-15-25-13-6-21(7-14-25)29-20-4-9-23-10-5-20/h1-3,11-12,20-21,23-24H,4-10,13-18H2. The molecular formula is C22H35N5O2. The monoisotopic (exact) mass is 401 g/mol. The molecule has 0 saturated carbocycles. The molecule has 1 aromatic rings. The molecule has 2 N–H and O–H groups in total. The van der Waals surface area contributed by atoms with Crippen molar-refractivity contribution in [3.05, 3.63) is 46.5 Å². The van der Waals surface area contributed by atoms with Gasteiger partial charge in [0.05, 0.1) is 18.9 Å². The lowest BCUT2D eigenvalue weighted by atomic mass is 10.1. The molecule has 0 amide bonds. The van der Waals surface area contributed by atoms with Crippen molar-refractivity contribution in [2.24, 2.45) is 0 Å². The predicted octanol–water partition coefficient (Wildman–Crippen LogP) is 0.958. The molecule has 160 valence electrons. The molecule has 4 rings (SSSR count). The molecule has 2 saturated heterocycles. The summed E-state index contributed by atoms with van der Waals surface area (Å²) in [5.74, 6) is 0. The molecule has 0 bridgehead atoms. The highest BCUT2D eigenvalue weighted by molar-refractivity contribution is 5.11. The Morgan fingerprint density at radius 2 is 1.83 bits per heavy atom. The molecule has 7 heteroatoms. The maximum Gasteiger partial charge on any atom is 0.255 e. The number of pyridine rings is 1. The number of aromatic nitrogens is 1. The van der Waals surface area contributed by atoms with E-state index in [1.54, 1.807) is 0 Å². The van der Waals surface area contributed by atoms with E-state index >= 15 is 0 Å². The fourth-order valence-electron chi connectivity index (χ4n) is 4.48. The Kier molecular flexibility index (Phi) is 7.38. The number of piperidine rings is 2. The average Bonchev–Trinajstić information content (AvgIpc) is 2.77. The van der Waals surface area contributed by atoms with Gasteiger partial charge in [0.1, 0.15) is 0 Å². The molecule has 0 unspecified atom stereocenters. The Labute approximate surface area is 173 Å². The van der Waals surface area contributed by atoms with Crippen LogP contribution in [0.4, 0.5) is 0 Å². The van der Waals surface area contributed by atoms with Crippen LogP contribution >= 0.6 is 0 Å². The highest BCUT2D eigenvalue weighted by atomic mass is 16.5. The Hall–Kier alpha value is -1.67. The molecule has 0 radical (unpaired) electrons. The van der Waals surface area contributed by atoms with E-state index in [0.717, 1.165) is 83.7 Å². The minimum absolute atomic E-state index is 0.135. The van der Waals surface area contributed by atoms with Crippen molar-refractivity contribution < 1.29 is 4.74 Å². The number of nitrogens with zero attached hydrogens (tertiary/aromatic N) is 3. The van der Waals surface area contributed by atoms with Gasteiger partial charge in [0.2, 0.25) is 0 Å². The zero-order valence-electron chi connectivity index (χ0n) is 17.4. The number of nitrogens with one attached hydrogen (secondary N) is 2. The summed E-state index contributed by atoms with van der Waals surface area (Å²) < 4.78 is 8.18. The zero-order chi connectivity index (χ0) is 19.9. The van der Waals surface area contributed by atoms with Crippen molar-refractivity contribution in [1.29, 1.82) is 0 Å². The molecule has 0 aromatic carbocycles. The molecule has 29 heavy (non-hydrogen) atoms. The second-order valence-corrected chi connectivity index (χ2v) is 8.40. The van der Waals surface area contributed by atoms with E-state index in [2.05, 4.69) is 32.7 Å². The van der Waals surface area contributed by atoms with Crippen LogP contribution in [0.15, 0.2) is 35.4 Å². The second-order valence-electron chi connectivity index (χ2n) is 8.40. The van der Waals surface area contributed by atoms with Gasteiger partial charge in [-0.2, -0.15) is 0 Å². The summed E-state index contributed by atoms with van der Waals surface area (Å²) in [5.41, 5.74) is 0.991. The summed E-state index contributed by atoms with van der Waals surface area (Å²) in [6, 6.07) is 3.95. The lowest BCUT2D eigenvalue weighted by molar-refractivity contribution is -0.0532. The maximum atomic E-state index is 12.8. The second kappa shape index (κ2) is 10.4. The molecule has 3 aliphatic heterocycles. The molecule has 0 spiro atoms. The van der Waals surface area contributed by atoms with Crippen LogP contribution in [0.3, 0.4) is 0 Å². The van der Waals surface area contributed by atoms with Crippen molar-refractivity contribution in [3.63, 3.8) is 0 Å². The summed E-state index contributed by atoms with van der Waals surface area (Å²) in [5, 5.41) is 6.69. The number of hydrogen-bond donors (Lipinski definition) is 2. The van der Waals surface area contributed by atoms with Crippen LogP contribution in [-0.4, -0.2) is 72.5 Å². The van der Waals surface area contributed by atoms with Crippen molar-refractivity contribution in [3.8, 4) is 0 Å². The lowest BCUT2D eigenvalue weighted by Crippen LogP contribution is -2.42. The maximum absolute atomic E-state index is 12.8. The van der Waals surface area contributed by atoms with Crippen LogP contribution in [0.1, 0.15) is 31.2 Å². The third-order valence-electron chi connectivity index (χ3n) is 6.23. The lowest BCUT2D eigenvalue weighted by Gasteiger charge is -2.35. The first-order valence-electron chi connectivity index (χ1n) is 11.2. The van der Waals surface area contributed by atoms with Crippen molar-refractivity contribution in [1.82, 2.24) is 25.0 Å². The summed E-state index contributed by atoms with van der Waals surface area (Å²) in [4.78, 5) is 17.4. The highest BCUT2D eigenvalue weighted by Gasteiger charge is 2.23. The molecule has 7 nitrogen and oxygen atoms in total. The van der Waals surface area contributed by atoms with Gasteiger partial charge in [-0.1, -0.05) is 12.1 Å². The first-order valence-corrected chi connectivity index (χ1v) is 11.2. The van der Waals surface area contributed by atoms with Crippen molar-refractivity contribution >= 4 is 0 Å². The van der Waals surface area contributed by atoms with E-state index in [1.165, 1.54) is 0 Å². The third-order valence-corrected chi connectivity index (χ3v) is 6.23. The summed E-state index contributed by atoms with van der Waals surface area (Å²) in [6.07, 6.45) is 11.4. The fourth-order valence-corrected chi connectivity index (χ4v) is 4.48. The molecule has 4 heterocycles. The quantitative estimate of drug-likeness (QED) is 0.710. The normalized spacial score (nSPS) is 22.3. The van der Waals surface area contributed by atoms with Crippen LogP contribution in [0.5, 0.6) is 0 Å². The van der Waals surface area contributed by atoms with Crippen LogP contribution in [0, 0.1) is 0 Å². The van der Waals surface area contributed by atoms with Crippen molar-refractivity contribution in [2.75, 3.05) is 45.9 Å². The van der Waals surface area contributed by atoms with E-state index in [0.29, 0.717) is 18.8 Å². The zero-order valence-corrected chi connectivity index (χ0v) is 17.4. The van der Waals surface area contributed by atoms with Gasteiger partial charge in [-0.05, 0) is 51.0 Å². The molecule has 3 aliphatic rings. The minimum Gasteiger partial charge on any atom is -0.375 e. The largest absolute Gasteiger partial charge is 0.375 e. The first kappa shape index (κ1) is 20.6. The Balaban J connectivity index is 1.23. The first-order chi connectivity index (χ1) is 14.3. The predicted molar refractivity (Wildman–Crippen MR) is 115 cm³/mol. The molecule has 0 atom stereocenters. The van der Waals surface area contributed by atoms with Gasteiger partial charge < -0.3 is 24.4 Å². The van der Waals surface area contributed by atoms with E-state index in [1.807, 2.05) is 22.9 Å². The van der Waals surface area contributed by atoms with Crippen LogP contribution in [-0.2, 0) is 17.8 Å². The SMILES string of the molecule is O=c1c(CN2C=CCNC2)cccn1CCN1CCC(OC2CCNCC2)CC1. The van der Waals surface area contributed by atoms with E-state index in [4.69, 9.17) is 4.74 Å². The smallest absolute Gasteiger partial charge is 0.255 e. The van der Waals surface area contributed by atoms with E-state index in [9.17, 15) is 4.79 Å². The van der Waals surface area contributed by atoms with Gasteiger partial charge in [-0.25, -0.2) is 0 Å². The van der Waals surface area contributed by atoms with Gasteiger partial charge >= 0.3 is 0 Å². The fraction of sp³-hybridized carbons (Fsp3) is 0.682. The minimum atomic E-state index is 0.135. The van der Waals surface area contributed by atoms with E-state index in [-0.39, 0.29) is 5.56 Å². The Morgan fingerprint density at radius 3 is 2.59 bits per heavy atom. The van der Waals surface area contributed by atoms with Gasteiger partial charge in [0.25, 0.3) is 5.56 Å². The van der Waals surface area contributed by atoms with E-state index < -0.39 is 0 Å². The van der Waals surface area contributed by atoms with Crippen LogP contribution in [0.2, 0.25) is 0 Å². The Bertz CT molecular complexity index is 720. The summed E-state index contributed by atoms with van der Waals surface area (Å²) in [6.45, 7) is 8.32. The van der Waals surface area contributed by atoms with Crippen LogP contribution in [0.25, 0.3) is 0 Å². The highest BCUT2D eigenvalue weighted by Crippen LogP contribution is 2.19. The molecular weight excluding hydrogens is 366 g/mol. The summed E-state index contributed by atoms with van der Waals surface area (Å²) >= 11 is 0. The molecule has 2 fully saturated rings. The Morgan fingerprint density at radius 1 is 1.03 bits per heavy atom. The van der Waals surface area contributed by atoms with Gasteiger partial charge in [0.15, 0.2) is 0 Å². The molecule has 0 aliphatic carbocycles. The van der Waals surface area contributed by atoms with Crippen LogP contribution < -0.4 is 16.2 Å². The van der Waals surface area contributed by atoms with Crippen molar-refractivity contribution in [2.45, 2.75) is 51.0 Å². The number of rotatable bonds is 7.